The molecule has 6 aliphatic carbocycles. The van der Waals surface area contributed by atoms with E-state index in [1.807, 2.05) is 0 Å². The van der Waals surface area contributed by atoms with Gasteiger partial charge in [-0.3, -0.25) is 19.3 Å². The molecule has 30 heavy (non-hydrogen) atoms. The molecule has 0 aromatic heterocycles. The van der Waals surface area contributed by atoms with Crippen LogP contribution in [0.4, 0.5) is 0 Å². The Morgan fingerprint density at radius 2 is 1.03 bits per heavy atom. The summed E-state index contributed by atoms with van der Waals surface area (Å²) in [5, 5.41) is 0. The number of hydroxylamine groups is 2. The second-order valence-corrected chi connectivity index (χ2v) is 11.1. The third-order valence-corrected chi connectivity index (χ3v) is 8.64. The molecule has 6 fully saturated rings. The standard InChI is InChI=1S/C24H38N2O4/c27-21(19-7-3-1-4-8-19)25-29-23-12-17-11-18(13-23)15-24(14-17,16-23)30-26-22(28)20-9-5-2-6-10-20/h17-20H,1-16H2,(H,25,27)(H,26,28). The summed E-state index contributed by atoms with van der Waals surface area (Å²) in [7, 11) is 0. The lowest BCUT2D eigenvalue weighted by Crippen LogP contribution is -2.63. The highest BCUT2D eigenvalue weighted by atomic mass is 16.7. The predicted molar refractivity (Wildman–Crippen MR) is 112 cm³/mol. The van der Waals surface area contributed by atoms with E-state index in [-0.39, 0.29) is 34.9 Å². The van der Waals surface area contributed by atoms with Crippen LogP contribution in [0.3, 0.4) is 0 Å². The fraction of sp³-hybridized carbons (Fsp3) is 0.917. The lowest BCUT2D eigenvalue weighted by Gasteiger charge is -2.60. The van der Waals surface area contributed by atoms with Gasteiger partial charge in [0.25, 0.3) is 0 Å². The van der Waals surface area contributed by atoms with Gasteiger partial charge in [-0.15, -0.1) is 0 Å². The van der Waals surface area contributed by atoms with Gasteiger partial charge in [0.1, 0.15) is 0 Å². The molecule has 6 nitrogen and oxygen atoms in total. The van der Waals surface area contributed by atoms with Crippen molar-refractivity contribution in [1.82, 2.24) is 11.0 Å². The van der Waals surface area contributed by atoms with E-state index < -0.39 is 0 Å². The van der Waals surface area contributed by atoms with Gasteiger partial charge in [-0.1, -0.05) is 38.5 Å². The van der Waals surface area contributed by atoms with E-state index in [1.165, 1.54) is 19.3 Å². The first kappa shape index (κ1) is 20.7. The smallest absolute Gasteiger partial charge is 0.246 e. The van der Waals surface area contributed by atoms with Crippen LogP contribution in [-0.4, -0.2) is 23.0 Å². The summed E-state index contributed by atoms with van der Waals surface area (Å²) in [6.45, 7) is 0. The molecule has 6 heteroatoms. The number of nitrogens with one attached hydrogen (secondary N) is 2. The fourth-order valence-electron chi connectivity index (χ4n) is 7.55. The van der Waals surface area contributed by atoms with Crippen molar-refractivity contribution in [1.29, 1.82) is 0 Å². The normalized spacial score (nSPS) is 39.1. The lowest BCUT2D eigenvalue weighted by molar-refractivity contribution is -0.267. The molecule has 0 unspecified atom stereocenters. The maximum Gasteiger partial charge on any atom is 0.246 e. The molecule has 4 bridgehead atoms. The largest absolute Gasteiger partial charge is 0.272 e. The molecule has 0 aromatic carbocycles. The van der Waals surface area contributed by atoms with Crippen LogP contribution in [0.5, 0.6) is 0 Å². The molecular formula is C24H38N2O4. The minimum Gasteiger partial charge on any atom is -0.272 e. The molecule has 2 amide bonds. The summed E-state index contributed by atoms with van der Waals surface area (Å²) >= 11 is 0. The topological polar surface area (TPSA) is 76.7 Å². The zero-order valence-electron chi connectivity index (χ0n) is 18.3. The number of rotatable bonds is 6. The van der Waals surface area contributed by atoms with E-state index in [0.717, 1.165) is 83.5 Å². The molecule has 0 atom stereocenters. The minimum absolute atomic E-state index is 0.0611. The van der Waals surface area contributed by atoms with Crippen LogP contribution < -0.4 is 11.0 Å². The fourth-order valence-corrected chi connectivity index (χ4v) is 7.55. The lowest BCUT2D eigenvalue weighted by atomic mass is 9.52. The van der Waals surface area contributed by atoms with Gasteiger partial charge in [-0.2, -0.15) is 0 Å². The number of hydrogen-bond donors (Lipinski definition) is 2. The van der Waals surface area contributed by atoms with E-state index in [1.54, 1.807) is 0 Å². The molecule has 6 aliphatic rings. The highest BCUT2D eigenvalue weighted by Crippen LogP contribution is 2.59. The van der Waals surface area contributed by atoms with Crippen molar-refractivity contribution in [2.45, 2.75) is 114 Å². The van der Waals surface area contributed by atoms with Gasteiger partial charge in [0.15, 0.2) is 0 Å². The van der Waals surface area contributed by atoms with E-state index >= 15 is 0 Å². The van der Waals surface area contributed by atoms with Gasteiger partial charge in [0.05, 0.1) is 11.2 Å². The molecule has 0 aliphatic heterocycles. The van der Waals surface area contributed by atoms with E-state index in [2.05, 4.69) is 11.0 Å². The van der Waals surface area contributed by atoms with Gasteiger partial charge in [-0.05, 0) is 69.6 Å². The molecule has 0 heterocycles. The van der Waals surface area contributed by atoms with E-state index in [0.29, 0.717) is 11.8 Å². The predicted octanol–water partition coefficient (Wildman–Crippen LogP) is 4.33. The Morgan fingerprint density at radius 3 is 1.43 bits per heavy atom. The summed E-state index contributed by atoms with van der Waals surface area (Å²) in [5.41, 5.74) is 5.06. The third-order valence-electron chi connectivity index (χ3n) is 8.64. The second kappa shape index (κ2) is 8.42. The maximum absolute atomic E-state index is 12.6. The van der Waals surface area contributed by atoms with Crippen molar-refractivity contribution in [3.05, 3.63) is 0 Å². The van der Waals surface area contributed by atoms with Crippen LogP contribution in [0.25, 0.3) is 0 Å². The molecule has 0 radical (unpaired) electrons. The maximum atomic E-state index is 12.6. The summed E-state index contributed by atoms with van der Waals surface area (Å²) in [6, 6.07) is 0. The first-order valence-corrected chi connectivity index (χ1v) is 12.5. The molecule has 0 spiro atoms. The Hall–Kier alpha value is -1.14. The first-order valence-electron chi connectivity index (χ1n) is 12.5. The van der Waals surface area contributed by atoms with Crippen molar-refractivity contribution in [3.8, 4) is 0 Å². The summed E-state index contributed by atoms with van der Waals surface area (Å²) < 4.78 is 0. The van der Waals surface area contributed by atoms with Crippen LogP contribution in [0.15, 0.2) is 0 Å². The Kier molecular flexibility index (Phi) is 5.82. The van der Waals surface area contributed by atoms with Crippen molar-refractivity contribution in [3.63, 3.8) is 0 Å². The van der Waals surface area contributed by atoms with Crippen LogP contribution >= 0.6 is 0 Å². The Labute approximate surface area is 180 Å². The number of carbonyl (C=O) groups excluding carboxylic acids is 2. The Morgan fingerprint density at radius 1 is 0.633 bits per heavy atom. The zero-order valence-corrected chi connectivity index (χ0v) is 18.3. The van der Waals surface area contributed by atoms with Gasteiger partial charge in [-0.25, -0.2) is 11.0 Å². The molecular weight excluding hydrogens is 380 g/mol. The van der Waals surface area contributed by atoms with Crippen molar-refractivity contribution in [2.24, 2.45) is 23.7 Å². The molecule has 6 rings (SSSR count). The second-order valence-electron chi connectivity index (χ2n) is 11.1. The molecule has 0 saturated heterocycles. The quantitative estimate of drug-likeness (QED) is 0.629. The van der Waals surface area contributed by atoms with Gasteiger partial charge < -0.3 is 0 Å². The van der Waals surface area contributed by atoms with Crippen LogP contribution in [0, 0.1) is 23.7 Å². The summed E-state index contributed by atoms with van der Waals surface area (Å²) in [4.78, 5) is 37.7. The highest BCUT2D eigenvalue weighted by molar-refractivity contribution is 5.78. The van der Waals surface area contributed by atoms with Gasteiger partial charge in [0, 0.05) is 18.3 Å². The van der Waals surface area contributed by atoms with Crippen LogP contribution in [0.1, 0.15) is 103 Å². The van der Waals surface area contributed by atoms with Crippen molar-refractivity contribution >= 4 is 11.8 Å². The molecule has 6 saturated carbocycles. The van der Waals surface area contributed by atoms with E-state index in [4.69, 9.17) is 9.68 Å². The van der Waals surface area contributed by atoms with Crippen LogP contribution in [-0.2, 0) is 19.3 Å². The monoisotopic (exact) mass is 418 g/mol. The van der Waals surface area contributed by atoms with Crippen LogP contribution in [0.2, 0.25) is 0 Å². The average molecular weight is 419 g/mol. The third kappa shape index (κ3) is 4.27. The average Bonchev–Trinajstić information content (AvgIpc) is 2.76. The molecule has 2 N–H and O–H groups in total. The molecule has 0 aromatic rings. The Balaban J connectivity index is 1.20. The number of carbonyl (C=O) groups is 2. The summed E-state index contributed by atoms with van der Waals surface area (Å²) in [6.07, 6.45) is 17.0. The number of hydrogen-bond acceptors (Lipinski definition) is 4. The van der Waals surface area contributed by atoms with Gasteiger partial charge >= 0.3 is 0 Å². The van der Waals surface area contributed by atoms with Gasteiger partial charge in [0.2, 0.25) is 11.8 Å². The minimum atomic E-state index is -0.329. The molecule has 168 valence electrons. The van der Waals surface area contributed by atoms with E-state index in [9.17, 15) is 9.59 Å². The highest BCUT2D eigenvalue weighted by Gasteiger charge is 2.60. The van der Waals surface area contributed by atoms with Crippen molar-refractivity contribution < 1.29 is 19.3 Å². The van der Waals surface area contributed by atoms with Crippen molar-refractivity contribution in [2.75, 3.05) is 0 Å². The number of amides is 2. The Bertz CT molecular complexity index is 588. The SMILES string of the molecule is O=C(NOC12CC3CC(C1)CC(ONC(=O)C1CCCCC1)(C3)C2)C1CCCCC1. The first-order chi connectivity index (χ1) is 14.5. The summed E-state index contributed by atoms with van der Waals surface area (Å²) in [5.74, 6) is 1.45. The zero-order chi connectivity index (χ0) is 20.6.